The van der Waals surface area contributed by atoms with Crippen molar-refractivity contribution in [2.24, 2.45) is 11.7 Å². The van der Waals surface area contributed by atoms with Crippen LogP contribution in [-0.4, -0.2) is 35.2 Å². The summed E-state index contributed by atoms with van der Waals surface area (Å²) in [5.41, 5.74) is 5.31. The van der Waals surface area contributed by atoms with Gasteiger partial charge in [0.05, 0.1) is 29.3 Å². The van der Waals surface area contributed by atoms with Crippen LogP contribution < -0.4 is 16.0 Å². The summed E-state index contributed by atoms with van der Waals surface area (Å²) in [4.78, 5) is 14.3. The molecule has 7 rings (SSSR count). The van der Waals surface area contributed by atoms with E-state index in [1.54, 1.807) is 24.3 Å². The van der Waals surface area contributed by atoms with E-state index in [1.165, 1.54) is 6.07 Å². The van der Waals surface area contributed by atoms with Gasteiger partial charge in [-0.25, -0.2) is 13.2 Å². The van der Waals surface area contributed by atoms with Crippen LogP contribution in [0.4, 0.5) is 18.9 Å². The average molecular weight is 518 g/mol. The Hall–Kier alpha value is -2.95. The Labute approximate surface area is 209 Å². The largest absolute Gasteiger partial charge is 0.420 e. The number of amides is 1. The number of carbonyl (C=O) groups is 1. The van der Waals surface area contributed by atoms with Crippen molar-refractivity contribution in [2.45, 2.75) is 43.2 Å². The molecule has 2 aromatic carbocycles. The SMILES string of the molecule is NC1CC(F)(F)c2cc(F)c(-c3nnc(C45CNCC(C4)C5)o3)cc2N(Cc2ccc(Cl)cc2)C1=O. The molecule has 0 radical (unpaired) electrons. The highest BCUT2D eigenvalue weighted by molar-refractivity contribution is 6.30. The number of nitrogens with one attached hydrogen (secondary N) is 1. The number of halogens is 4. The monoisotopic (exact) mass is 517 g/mol. The maximum atomic E-state index is 15.3. The van der Waals surface area contributed by atoms with Crippen molar-refractivity contribution < 1.29 is 22.4 Å². The number of rotatable bonds is 4. The summed E-state index contributed by atoms with van der Waals surface area (Å²) in [5, 5.41) is 12.0. The third-order valence-corrected chi connectivity index (χ3v) is 7.70. The van der Waals surface area contributed by atoms with Gasteiger partial charge in [0.2, 0.25) is 11.8 Å². The molecule has 1 amide bonds. The minimum absolute atomic E-state index is 0.0525. The molecular formula is C25H23ClF3N5O2. The normalized spacial score (nSPS) is 26.8. The second kappa shape index (κ2) is 8.29. The number of hydrogen-bond donors (Lipinski definition) is 2. The molecule has 1 atom stereocenters. The molecule has 188 valence electrons. The molecule has 4 aliphatic rings. The summed E-state index contributed by atoms with van der Waals surface area (Å²) in [6.07, 6.45) is 0.875. The first-order valence-corrected chi connectivity index (χ1v) is 12.1. The quantitative estimate of drug-likeness (QED) is 0.540. The lowest BCUT2D eigenvalue weighted by molar-refractivity contribution is -0.122. The number of aromatic nitrogens is 2. The molecule has 1 aromatic heterocycles. The van der Waals surface area contributed by atoms with Gasteiger partial charge in [0, 0.05) is 23.6 Å². The lowest BCUT2D eigenvalue weighted by atomic mass is 9.59. The number of alkyl halides is 2. The fourth-order valence-corrected chi connectivity index (χ4v) is 5.74. The molecular weight excluding hydrogens is 495 g/mol. The van der Waals surface area contributed by atoms with Crippen molar-refractivity contribution in [2.75, 3.05) is 18.0 Å². The van der Waals surface area contributed by atoms with Gasteiger partial charge in [-0.05, 0) is 55.1 Å². The van der Waals surface area contributed by atoms with Gasteiger partial charge < -0.3 is 20.4 Å². The van der Waals surface area contributed by atoms with Gasteiger partial charge in [0.25, 0.3) is 11.8 Å². The Morgan fingerprint density at radius 1 is 1.17 bits per heavy atom. The van der Waals surface area contributed by atoms with E-state index in [0.717, 1.165) is 30.4 Å². The zero-order valence-corrected chi connectivity index (χ0v) is 19.9. The van der Waals surface area contributed by atoms with E-state index in [4.69, 9.17) is 21.8 Å². The molecule has 3 aliphatic heterocycles. The van der Waals surface area contributed by atoms with E-state index in [1.807, 2.05) is 0 Å². The number of hydrogen-bond acceptors (Lipinski definition) is 6. The number of fused-ring (bicyclic) bond motifs is 3. The van der Waals surface area contributed by atoms with Crippen molar-refractivity contribution in [3.8, 4) is 11.5 Å². The standard InChI is InChI=1S/C25H23ClF3N5O2/c26-15-3-1-13(2-4-15)11-34-20-5-16(18(27)6-17(20)25(28,29)9-19(30)22(34)35)21-32-33-23(36-21)24-7-14(8-24)10-31-12-24/h1-6,14,19,31H,7-12,30H2. The van der Waals surface area contributed by atoms with Gasteiger partial charge in [0.1, 0.15) is 5.82 Å². The minimum Gasteiger partial charge on any atom is -0.420 e. The summed E-state index contributed by atoms with van der Waals surface area (Å²) in [5.74, 6) is -4.34. The second-order valence-electron chi connectivity index (χ2n) is 10.0. The van der Waals surface area contributed by atoms with Gasteiger partial charge in [-0.2, -0.15) is 0 Å². The summed E-state index contributed by atoms with van der Waals surface area (Å²) < 4.78 is 51.5. The van der Waals surface area contributed by atoms with Crippen molar-refractivity contribution in [3.63, 3.8) is 0 Å². The lowest BCUT2D eigenvalue weighted by Gasteiger charge is -2.50. The first-order chi connectivity index (χ1) is 17.1. The highest BCUT2D eigenvalue weighted by Crippen LogP contribution is 2.50. The minimum atomic E-state index is -3.52. The average Bonchev–Trinajstić information content (AvgIpc) is 3.31. The van der Waals surface area contributed by atoms with Crippen LogP contribution in [0.15, 0.2) is 40.8 Å². The molecule has 11 heteroatoms. The molecule has 0 spiro atoms. The van der Waals surface area contributed by atoms with Crippen molar-refractivity contribution >= 4 is 23.2 Å². The van der Waals surface area contributed by atoms with Crippen LogP contribution in [0.5, 0.6) is 0 Å². The number of nitrogens with two attached hydrogens (primary N) is 1. The van der Waals surface area contributed by atoms with Crippen LogP contribution in [-0.2, 0) is 22.7 Å². The Bertz CT molecular complexity index is 1330. The Balaban J connectivity index is 1.43. The maximum absolute atomic E-state index is 15.3. The molecule has 2 saturated heterocycles. The second-order valence-corrected chi connectivity index (χ2v) is 10.4. The molecule has 3 aromatic rings. The first kappa shape index (κ1) is 23.4. The molecule has 1 saturated carbocycles. The molecule has 36 heavy (non-hydrogen) atoms. The highest BCUT2D eigenvalue weighted by atomic mass is 35.5. The van der Waals surface area contributed by atoms with E-state index in [-0.39, 0.29) is 29.1 Å². The number of benzene rings is 2. The molecule has 3 N–H and O–H groups in total. The Morgan fingerprint density at radius 3 is 2.61 bits per heavy atom. The zero-order valence-electron chi connectivity index (χ0n) is 19.1. The molecule has 1 unspecified atom stereocenters. The van der Waals surface area contributed by atoms with Crippen molar-refractivity contribution in [3.05, 3.63) is 64.3 Å². The van der Waals surface area contributed by atoms with E-state index in [9.17, 15) is 4.79 Å². The topological polar surface area (TPSA) is 97.3 Å². The molecule has 7 nitrogen and oxygen atoms in total. The summed E-state index contributed by atoms with van der Waals surface area (Å²) in [7, 11) is 0. The third kappa shape index (κ3) is 3.79. The summed E-state index contributed by atoms with van der Waals surface area (Å²) >= 11 is 5.96. The third-order valence-electron chi connectivity index (χ3n) is 7.45. The summed E-state index contributed by atoms with van der Waals surface area (Å²) in [6, 6.07) is 7.09. The van der Waals surface area contributed by atoms with Crippen LogP contribution in [0.25, 0.3) is 11.5 Å². The van der Waals surface area contributed by atoms with Crippen LogP contribution in [0.2, 0.25) is 5.02 Å². The predicted octanol–water partition coefficient (Wildman–Crippen LogP) is 4.14. The first-order valence-electron chi connectivity index (χ1n) is 11.7. The zero-order chi connectivity index (χ0) is 25.2. The van der Waals surface area contributed by atoms with E-state index in [2.05, 4.69) is 15.5 Å². The van der Waals surface area contributed by atoms with Gasteiger partial charge in [-0.1, -0.05) is 23.7 Å². The number of anilines is 1. The lowest BCUT2D eigenvalue weighted by Crippen LogP contribution is -2.57. The van der Waals surface area contributed by atoms with Gasteiger partial charge in [-0.3, -0.25) is 4.79 Å². The van der Waals surface area contributed by atoms with Gasteiger partial charge >= 0.3 is 0 Å². The number of carbonyl (C=O) groups excluding carboxylic acids is 1. The maximum Gasteiger partial charge on any atom is 0.277 e. The van der Waals surface area contributed by atoms with Crippen LogP contribution in [0, 0.1) is 11.7 Å². The van der Waals surface area contributed by atoms with Crippen molar-refractivity contribution in [1.82, 2.24) is 15.5 Å². The molecule has 4 heterocycles. The molecule has 3 fully saturated rings. The van der Waals surface area contributed by atoms with Crippen LogP contribution in [0.3, 0.4) is 0 Å². The van der Waals surface area contributed by atoms with E-state index >= 15 is 13.2 Å². The fourth-order valence-electron chi connectivity index (χ4n) is 5.62. The number of nitrogens with zero attached hydrogens (tertiary/aromatic N) is 3. The fraction of sp³-hybridized carbons (Fsp3) is 0.400. The summed E-state index contributed by atoms with van der Waals surface area (Å²) in [6.45, 7) is 1.57. The van der Waals surface area contributed by atoms with Crippen molar-refractivity contribution in [1.29, 1.82) is 0 Å². The Kier molecular flexibility index (Phi) is 5.40. The molecule has 1 aliphatic carbocycles. The van der Waals surface area contributed by atoms with Gasteiger partial charge in [0.15, 0.2) is 0 Å². The van der Waals surface area contributed by atoms with E-state index in [0.29, 0.717) is 28.9 Å². The Morgan fingerprint density at radius 2 is 1.92 bits per heavy atom. The van der Waals surface area contributed by atoms with E-state index < -0.39 is 35.7 Å². The van der Waals surface area contributed by atoms with Crippen LogP contribution >= 0.6 is 11.6 Å². The predicted molar refractivity (Wildman–Crippen MR) is 126 cm³/mol. The molecule has 2 bridgehead atoms. The van der Waals surface area contributed by atoms with Gasteiger partial charge in [-0.15, -0.1) is 10.2 Å². The van der Waals surface area contributed by atoms with Crippen LogP contribution in [0.1, 0.15) is 36.3 Å². The number of piperidine rings is 2. The smallest absolute Gasteiger partial charge is 0.277 e. The highest BCUT2D eigenvalue weighted by Gasteiger charge is 2.52.